The first-order chi connectivity index (χ1) is 25.7. The van der Waals surface area contributed by atoms with Crippen molar-refractivity contribution in [3.05, 3.63) is 188 Å². The number of fused-ring (bicyclic) bond motifs is 6. The number of anilines is 1. The smallest absolute Gasteiger partial charge is 0.135 e. The number of para-hydroxylation sites is 2. The summed E-state index contributed by atoms with van der Waals surface area (Å²) in [5, 5.41) is 2.28. The SMILES string of the molecule is c1ccc(N2Cc3cc(-c4cc(-c5cccnc5)cc(-c5cccnc5)c4)ccc3-c3cc(-c4ccc5oc6ccccc6c5c4)ccc3C2)cc1. The van der Waals surface area contributed by atoms with E-state index in [0.717, 1.165) is 62.8 Å². The van der Waals surface area contributed by atoms with Crippen LogP contribution in [0.5, 0.6) is 0 Å². The minimum absolute atomic E-state index is 0.794. The molecule has 0 radical (unpaired) electrons. The fourth-order valence-corrected chi connectivity index (χ4v) is 7.70. The molecule has 9 aromatic rings. The highest BCUT2D eigenvalue weighted by Gasteiger charge is 2.22. The molecule has 4 heterocycles. The first-order valence-corrected chi connectivity index (χ1v) is 17.7. The summed E-state index contributed by atoms with van der Waals surface area (Å²) in [5.74, 6) is 0. The molecule has 0 saturated carbocycles. The Labute approximate surface area is 302 Å². The Morgan fingerprint density at radius 1 is 0.404 bits per heavy atom. The average Bonchev–Trinajstić information content (AvgIpc) is 3.51. The lowest BCUT2D eigenvalue weighted by Gasteiger charge is -2.24. The standard InChI is InChI=1S/C48H33N3O/c1-2-10-42(11-3-1)51-30-37-15-14-33(34-17-19-48-46(27-34)44-12-4-5-13-47(44)52-48)26-45(37)43-18-16-32(22-41(43)31-51)38-23-39(35-8-6-20-49-28-35)25-40(24-38)36-9-7-21-50-29-36/h1-29H,30-31H2. The van der Waals surface area contributed by atoms with Crippen LogP contribution in [-0.2, 0) is 13.1 Å². The van der Waals surface area contributed by atoms with Gasteiger partial charge in [-0.25, -0.2) is 0 Å². The minimum atomic E-state index is 0.794. The predicted octanol–water partition coefficient (Wildman–Crippen LogP) is 12.2. The monoisotopic (exact) mass is 667 g/mol. The normalized spacial score (nSPS) is 12.4. The van der Waals surface area contributed by atoms with Gasteiger partial charge in [0.25, 0.3) is 0 Å². The summed E-state index contributed by atoms with van der Waals surface area (Å²) in [4.78, 5) is 11.3. The van der Waals surface area contributed by atoms with Crippen LogP contribution in [0, 0.1) is 0 Å². The van der Waals surface area contributed by atoms with Crippen molar-refractivity contribution in [1.29, 1.82) is 0 Å². The molecule has 0 atom stereocenters. The maximum absolute atomic E-state index is 6.15. The lowest BCUT2D eigenvalue weighted by molar-refractivity contribution is 0.669. The van der Waals surface area contributed by atoms with E-state index in [1.165, 1.54) is 44.6 Å². The molecular weight excluding hydrogens is 635 g/mol. The quantitative estimate of drug-likeness (QED) is 0.183. The van der Waals surface area contributed by atoms with Crippen LogP contribution >= 0.6 is 0 Å². The molecule has 0 amide bonds. The highest BCUT2D eigenvalue weighted by Crippen LogP contribution is 2.41. The zero-order chi connectivity index (χ0) is 34.4. The van der Waals surface area contributed by atoms with Gasteiger partial charge in [0.15, 0.2) is 0 Å². The zero-order valence-corrected chi connectivity index (χ0v) is 28.4. The van der Waals surface area contributed by atoms with Crippen molar-refractivity contribution in [2.24, 2.45) is 0 Å². The summed E-state index contributed by atoms with van der Waals surface area (Å²) < 4.78 is 6.15. The van der Waals surface area contributed by atoms with Gasteiger partial charge in [-0.05, 0) is 128 Å². The van der Waals surface area contributed by atoms with E-state index in [1.807, 2.05) is 49.1 Å². The van der Waals surface area contributed by atoms with E-state index in [0.29, 0.717) is 0 Å². The van der Waals surface area contributed by atoms with Gasteiger partial charge in [0.05, 0.1) is 0 Å². The van der Waals surface area contributed by atoms with Crippen LogP contribution in [-0.4, -0.2) is 9.97 Å². The van der Waals surface area contributed by atoms with E-state index in [2.05, 4.69) is 142 Å². The fourth-order valence-electron chi connectivity index (χ4n) is 7.70. The van der Waals surface area contributed by atoms with Crippen molar-refractivity contribution < 1.29 is 4.42 Å². The van der Waals surface area contributed by atoms with Crippen molar-refractivity contribution in [3.63, 3.8) is 0 Å². The molecule has 1 aliphatic heterocycles. The van der Waals surface area contributed by atoms with Crippen LogP contribution in [0.2, 0.25) is 0 Å². The van der Waals surface area contributed by atoms with Crippen LogP contribution in [0.25, 0.3) is 77.6 Å². The van der Waals surface area contributed by atoms with Gasteiger partial charge in [-0.1, -0.05) is 78.9 Å². The highest BCUT2D eigenvalue weighted by atomic mass is 16.3. The number of pyridine rings is 2. The Balaban J connectivity index is 1.12. The third-order valence-electron chi connectivity index (χ3n) is 10.3. The number of benzene rings is 6. The number of furan rings is 1. The molecule has 0 aliphatic carbocycles. The van der Waals surface area contributed by atoms with Gasteiger partial charge in [0.1, 0.15) is 11.2 Å². The van der Waals surface area contributed by atoms with Crippen LogP contribution < -0.4 is 4.90 Å². The van der Waals surface area contributed by atoms with Crippen molar-refractivity contribution in [2.45, 2.75) is 13.1 Å². The van der Waals surface area contributed by atoms with Crippen molar-refractivity contribution >= 4 is 27.6 Å². The van der Waals surface area contributed by atoms with Gasteiger partial charge in [-0.3, -0.25) is 9.97 Å². The summed E-state index contributed by atoms with van der Waals surface area (Å²) >= 11 is 0. The average molecular weight is 668 g/mol. The Kier molecular flexibility index (Phi) is 7.24. The highest BCUT2D eigenvalue weighted by molar-refractivity contribution is 6.06. The summed E-state index contributed by atoms with van der Waals surface area (Å²) in [6, 6.07) is 54.6. The lowest BCUT2D eigenvalue weighted by atomic mass is 9.89. The van der Waals surface area contributed by atoms with Crippen LogP contribution in [0.15, 0.2) is 181 Å². The summed E-state index contributed by atoms with van der Waals surface area (Å²) in [5.41, 5.74) is 17.3. The molecule has 4 nitrogen and oxygen atoms in total. The molecule has 0 N–H and O–H groups in total. The molecule has 0 fully saturated rings. The molecule has 1 aliphatic rings. The number of hydrogen-bond donors (Lipinski definition) is 0. The number of aromatic nitrogens is 2. The molecule has 10 rings (SSSR count). The molecule has 0 saturated heterocycles. The third kappa shape index (κ3) is 5.42. The van der Waals surface area contributed by atoms with Crippen molar-refractivity contribution in [2.75, 3.05) is 4.90 Å². The Morgan fingerprint density at radius 3 is 1.77 bits per heavy atom. The largest absolute Gasteiger partial charge is 0.456 e. The van der Waals surface area contributed by atoms with Gasteiger partial charge < -0.3 is 9.32 Å². The van der Waals surface area contributed by atoms with E-state index in [-0.39, 0.29) is 0 Å². The molecule has 0 spiro atoms. The Morgan fingerprint density at radius 2 is 1.02 bits per heavy atom. The second-order valence-corrected chi connectivity index (χ2v) is 13.5. The lowest BCUT2D eigenvalue weighted by Crippen LogP contribution is -2.20. The van der Waals surface area contributed by atoms with E-state index < -0.39 is 0 Å². The Bertz CT molecular complexity index is 2680. The van der Waals surface area contributed by atoms with Crippen molar-refractivity contribution in [1.82, 2.24) is 9.97 Å². The van der Waals surface area contributed by atoms with E-state index in [4.69, 9.17) is 4.42 Å². The molecule has 246 valence electrons. The predicted molar refractivity (Wildman–Crippen MR) is 213 cm³/mol. The molecule has 0 bridgehead atoms. The summed E-state index contributed by atoms with van der Waals surface area (Å²) in [7, 11) is 0. The molecular formula is C48H33N3O. The zero-order valence-electron chi connectivity index (χ0n) is 28.4. The van der Waals surface area contributed by atoms with Crippen molar-refractivity contribution in [3.8, 4) is 55.6 Å². The van der Waals surface area contributed by atoms with E-state index >= 15 is 0 Å². The fraction of sp³-hybridized carbons (Fsp3) is 0.0417. The van der Waals surface area contributed by atoms with Crippen LogP contribution in [0.4, 0.5) is 5.69 Å². The maximum Gasteiger partial charge on any atom is 0.135 e. The third-order valence-corrected chi connectivity index (χ3v) is 10.3. The number of nitrogens with zero attached hydrogens (tertiary/aromatic N) is 3. The van der Waals surface area contributed by atoms with Crippen LogP contribution in [0.1, 0.15) is 11.1 Å². The number of hydrogen-bond acceptors (Lipinski definition) is 4. The second-order valence-electron chi connectivity index (χ2n) is 13.5. The van der Waals surface area contributed by atoms with E-state index in [9.17, 15) is 0 Å². The number of rotatable bonds is 5. The van der Waals surface area contributed by atoms with Gasteiger partial charge in [0.2, 0.25) is 0 Å². The van der Waals surface area contributed by atoms with E-state index in [1.54, 1.807) is 0 Å². The topological polar surface area (TPSA) is 42.2 Å². The van der Waals surface area contributed by atoms with Gasteiger partial charge >= 0.3 is 0 Å². The van der Waals surface area contributed by atoms with Gasteiger partial charge in [0, 0.05) is 65.5 Å². The molecule has 6 aromatic carbocycles. The minimum Gasteiger partial charge on any atom is -0.456 e. The first-order valence-electron chi connectivity index (χ1n) is 17.7. The molecule has 3 aromatic heterocycles. The second kappa shape index (κ2) is 12.5. The summed E-state index contributed by atoms with van der Waals surface area (Å²) in [6.07, 6.45) is 7.51. The summed E-state index contributed by atoms with van der Waals surface area (Å²) in [6.45, 7) is 1.61. The van der Waals surface area contributed by atoms with Gasteiger partial charge in [-0.2, -0.15) is 0 Å². The first kappa shape index (κ1) is 30.1. The molecule has 52 heavy (non-hydrogen) atoms. The van der Waals surface area contributed by atoms with Crippen LogP contribution in [0.3, 0.4) is 0 Å². The Hall–Kier alpha value is -6.78. The maximum atomic E-state index is 6.15. The molecule has 0 unspecified atom stereocenters. The van der Waals surface area contributed by atoms with Gasteiger partial charge in [-0.15, -0.1) is 0 Å². The molecule has 4 heteroatoms.